The Kier molecular flexibility index (Phi) is 3.08. The SMILES string of the molecule is O=CC1(CN2CCc3ccccc32)CCOCC1. The number of carbonyl (C=O) groups is 1. The van der Waals surface area contributed by atoms with Crippen molar-refractivity contribution < 1.29 is 9.53 Å². The second-order valence-electron chi connectivity index (χ2n) is 5.39. The Morgan fingerprint density at radius 1 is 1.28 bits per heavy atom. The van der Waals surface area contributed by atoms with E-state index in [0.29, 0.717) is 13.2 Å². The fraction of sp³-hybridized carbons (Fsp3) is 0.533. The molecule has 0 saturated carbocycles. The van der Waals surface area contributed by atoms with Crippen molar-refractivity contribution in [1.82, 2.24) is 0 Å². The third-order valence-corrected chi connectivity index (χ3v) is 4.23. The lowest BCUT2D eigenvalue weighted by Gasteiger charge is -2.36. The van der Waals surface area contributed by atoms with Gasteiger partial charge in [-0.25, -0.2) is 0 Å². The van der Waals surface area contributed by atoms with E-state index in [2.05, 4.69) is 29.2 Å². The van der Waals surface area contributed by atoms with Gasteiger partial charge in [0, 0.05) is 37.4 Å². The molecule has 0 bridgehead atoms. The van der Waals surface area contributed by atoms with Crippen molar-refractivity contribution in [1.29, 1.82) is 0 Å². The highest BCUT2D eigenvalue weighted by molar-refractivity contribution is 5.64. The van der Waals surface area contributed by atoms with Gasteiger partial charge in [0.15, 0.2) is 0 Å². The molecule has 0 aliphatic carbocycles. The molecular weight excluding hydrogens is 226 g/mol. The zero-order valence-electron chi connectivity index (χ0n) is 10.6. The van der Waals surface area contributed by atoms with Crippen LogP contribution in [0.15, 0.2) is 24.3 Å². The maximum Gasteiger partial charge on any atom is 0.128 e. The molecule has 0 N–H and O–H groups in total. The van der Waals surface area contributed by atoms with Crippen LogP contribution in [0.2, 0.25) is 0 Å². The molecule has 0 aromatic heterocycles. The number of rotatable bonds is 3. The summed E-state index contributed by atoms with van der Waals surface area (Å²) in [6.07, 6.45) is 3.97. The van der Waals surface area contributed by atoms with Gasteiger partial charge < -0.3 is 14.4 Å². The lowest BCUT2D eigenvalue weighted by Crippen LogP contribution is -2.42. The van der Waals surface area contributed by atoms with Crippen LogP contribution >= 0.6 is 0 Å². The normalized spacial score (nSPS) is 21.7. The second kappa shape index (κ2) is 4.73. The Bertz CT molecular complexity index is 438. The second-order valence-corrected chi connectivity index (χ2v) is 5.39. The molecule has 3 rings (SSSR count). The molecule has 2 aliphatic heterocycles. The van der Waals surface area contributed by atoms with E-state index in [1.165, 1.54) is 11.3 Å². The summed E-state index contributed by atoms with van der Waals surface area (Å²) in [7, 11) is 0. The number of hydrogen-bond acceptors (Lipinski definition) is 3. The maximum absolute atomic E-state index is 11.5. The molecule has 96 valence electrons. The van der Waals surface area contributed by atoms with Gasteiger partial charge in [-0.2, -0.15) is 0 Å². The minimum atomic E-state index is -0.199. The molecule has 1 aromatic carbocycles. The number of para-hydroxylation sites is 1. The molecule has 1 aromatic rings. The zero-order chi connectivity index (χ0) is 12.4. The fourth-order valence-electron chi connectivity index (χ4n) is 3.04. The van der Waals surface area contributed by atoms with Crippen LogP contribution in [0.1, 0.15) is 18.4 Å². The van der Waals surface area contributed by atoms with Gasteiger partial charge in [0.05, 0.1) is 0 Å². The third kappa shape index (κ3) is 2.03. The summed E-state index contributed by atoms with van der Waals surface area (Å²) in [5, 5.41) is 0. The summed E-state index contributed by atoms with van der Waals surface area (Å²) < 4.78 is 5.38. The zero-order valence-corrected chi connectivity index (χ0v) is 10.6. The highest BCUT2D eigenvalue weighted by Gasteiger charge is 2.35. The molecule has 2 aliphatic rings. The quantitative estimate of drug-likeness (QED) is 0.763. The summed E-state index contributed by atoms with van der Waals surface area (Å²) in [4.78, 5) is 13.9. The first-order valence-corrected chi connectivity index (χ1v) is 6.70. The predicted molar refractivity (Wildman–Crippen MR) is 70.9 cm³/mol. The average Bonchev–Trinajstić information content (AvgIpc) is 2.83. The summed E-state index contributed by atoms with van der Waals surface area (Å²) >= 11 is 0. The Hall–Kier alpha value is -1.35. The molecule has 0 spiro atoms. The lowest BCUT2D eigenvalue weighted by molar-refractivity contribution is -0.120. The van der Waals surface area contributed by atoms with Gasteiger partial charge in [0.1, 0.15) is 6.29 Å². The first-order valence-electron chi connectivity index (χ1n) is 6.70. The van der Waals surface area contributed by atoms with E-state index in [4.69, 9.17) is 4.74 Å². The first kappa shape index (κ1) is 11.7. The molecule has 0 amide bonds. The van der Waals surface area contributed by atoms with E-state index in [9.17, 15) is 4.79 Å². The highest BCUT2D eigenvalue weighted by atomic mass is 16.5. The van der Waals surface area contributed by atoms with Gasteiger partial charge in [-0.15, -0.1) is 0 Å². The number of fused-ring (bicyclic) bond motifs is 1. The van der Waals surface area contributed by atoms with Crippen LogP contribution in [-0.4, -0.2) is 32.6 Å². The minimum absolute atomic E-state index is 0.199. The summed E-state index contributed by atoms with van der Waals surface area (Å²) in [6.45, 7) is 3.31. The molecule has 3 heteroatoms. The van der Waals surface area contributed by atoms with Crippen molar-refractivity contribution in [3.05, 3.63) is 29.8 Å². The molecule has 0 radical (unpaired) electrons. The van der Waals surface area contributed by atoms with E-state index >= 15 is 0 Å². The monoisotopic (exact) mass is 245 g/mol. The maximum atomic E-state index is 11.5. The van der Waals surface area contributed by atoms with Crippen molar-refractivity contribution in [2.24, 2.45) is 5.41 Å². The van der Waals surface area contributed by atoms with E-state index in [1.807, 2.05) is 0 Å². The Morgan fingerprint density at radius 2 is 2.06 bits per heavy atom. The lowest BCUT2D eigenvalue weighted by atomic mass is 9.81. The van der Waals surface area contributed by atoms with Gasteiger partial charge in [-0.3, -0.25) is 0 Å². The molecule has 1 fully saturated rings. The van der Waals surface area contributed by atoms with Gasteiger partial charge >= 0.3 is 0 Å². The van der Waals surface area contributed by atoms with Gasteiger partial charge in [-0.1, -0.05) is 18.2 Å². The first-order chi connectivity index (χ1) is 8.83. The van der Waals surface area contributed by atoms with Crippen molar-refractivity contribution in [3.8, 4) is 0 Å². The molecule has 1 saturated heterocycles. The number of hydrogen-bond donors (Lipinski definition) is 0. The number of ether oxygens (including phenoxy) is 1. The smallest absolute Gasteiger partial charge is 0.128 e. The van der Waals surface area contributed by atoms with Crippen molar-refractivity contribution in [2.45, 2.75) is 19.3 Å². The van der Waals surface area contributed by atoms with Crippen molar-refractivity contribution in [3.63, 3.8) is 0 Å². The predicted octanol–water partition coefficient (Wildman–Crippen LogP) is 2.04. The molecule has 18 heavy (non-hydrogen) atoms. The number of nitrogens with zero attached hydrogens (tertiary/aromatic N) is 1. The van der Waals surface area contributed by atoms with Crippen LogP contribution in [0, 0.1) is 5.41 Å². The van der Waals surface area contributed by atoms with Gasteiger partial charge in [-0.05, 0) is 30.9 Å². The van der Waals surface area contributed by atoms with E-state index in [0.717, 1.165) is 38.6 Å². The van der Waals surface area contributed by atoms with E-state index < -0.39 is 0 Å². The summed E-state index contributed by atoms with van der Waals surface area (Å²) in [6, 6.07) is 8.52. The van der Waals surface area contributed by atoms with Crippen LogP contribution in [0.4, 0.5) is 5.69 Å². The van der Waals surface area contributed by atoms with Gasteiger partial charge in [0.25, 0.3) is 0 Å². The number of aldehydes is 1. The summed E-state index contributed by atoms with van der Waals surface area (Å²) in [5.41, 5.74) is 2.52. The van der Waals surface area contributed by atoms with Crippen LogP contribution in [0.5, 0.6) is 0 Å². The summed E-state index contributed by atoms with van der Waals surface area (Å²) in [5.74, 6) is 0. The number of benzene rings is 1. The highest BCUT2D eigenvalue weighted by Crippen LogP contribution is 2.34. The van der Waals surface area contributed by atoms with Crippen LogP contribution in [0.25, 0.3) is 0 Å². The largest absolute Gasteiger partial charge is 0.381 e. The Balaban J connectivity index is 1.79. The Morgan fingerprint density at radius 3 is 2.83 bits per heavy atom. The molecule has 0 unspecified atom stereocenters. The molecular formula is C15H19NO2. The molecule has 2 heterocycles. The van der Waals surface area contributed by atoms with Crippen LogP contribution < -0.4 is 4.90 Å². The number of anilines is 1. The fourth-order valence-corrected chi connectivity index (χ4v) is 3.04. The van der Waals surface area contributed by atoms with Crippen LogP contribution in [0.3, 0.4) is 0 Å². The van der Waals surface area contributed by atoms with Crippen molar-refractivity contribution in [2.75, 3.05) is 31.2 Å². The third-order valence-electron chi connectivity index (χ3n) is 4.23. The minimum Gasteiger partial charge on any atom is -0.381 e. The standard InChI is InChI=1S/C15H19NO2/c17-12-15(6-9-18-10-7-15)11-16-8-5-13-3-1-2-4-14(13)16/h1-4,12H,5-11H2. The van der Waals surface area contributed by atoms with Crippen LogP contribution in [-0.2, 0) is 16.0 Å². The van der Waals surface area contributed by atoms with Crippen molar-refractivity contribution >= 4 is 12.0 Å². The molecule has 0 atom stereocenters. The average molecular weight is 245 g/mol. The Labute approximate surface area is 108 Å². The van der Waals surface area contributed by atoms with E-state index in [-0.39, 0.29) is 5.41 Å². The number of carbonyl (C=O) groups excluding carboxylic acids is 1. The van der Waals surface area contributed by atoms with E-state index in [1.54, 1.807) is 0 Å². The van der Waals surface area contributed by atoms with Gasteiger partial charge in [0.2, 0.25) is 0 Å². The molecule has 3 nitrogen and oxygen atoms in total. The topological polar surface area (TPSA) is 29.5 Å².